The van der Waals surface area contributed by atoms with Gasteiger partial charge in [0.15, 0.2) is 5.65 Å². The Morgan fingerprint density at radius 2 is 2.19 bits per heavy atom. The molecule has 0 spiro atoms. The summed E-state index contributed by atoms with van der Waals surface area (Å²) in [6, 6.07) is 3.50. The first kappa shape index (κ1) is 10.6. The lowest BCUT2D eigenvalue weighted by atomic mass is 10.2. The maximum atomic E-state index is 11.4. The van der Waals surface area contributed by atoms with Gasteiger partial charge in [-0.1, -0.05) is 13.8 Å². The Morgan fingerprint density at radius 1 is 1.44 bits per heavy atom. The van der Waals surface area contributed by atoms with Crippen LogP contribution in [0.1, 0.15) is 35.9 Å². The summed E-state index contributed by atoms with van der Waals surface area (Å²) in [4.78, 5) is 11.4. The Balaban J connectivity index is 2.53. The molecule has 2 aromatic heterocycles. The van der Waals surface area contributed by atoms with Crippen molar-refractivity contribution in [2.45, 2.75) is 19.8 Å². The van der Waals surface area contributed by atoms with Crippen LogP contribution in [0.3, 0.4) is 0 Å². The van der Waals surface area contributed by atoms with Gasteiger partial charge in [0.05, 0.1) is 0 Å². The fraction of sp³-hybridized carbons (Fsp3) is 0.364. The van der Waals surface area contributed by atoms with Crippen molar-refractivity contribution in [3.05, 3.63) is 29.7 Å². The maximum Gasteiger partial charge on any atom is 0.251 e. The van der Waals surface area contributed by atoms with Gasteiger partial charge >= 0.3 is 0 Å². The summed E-state index contributed by atoms with van der Waals surface area (Å²) in [5, 5.41) is 10.7. The predicted octanol–water partition coefficient (Wildman–Crippen LogP) is 1.21. The minimum atomic E-state index is -0.114. The Bertz CT molecular complexity index is 530. The van der Waals surface area contributed by atoms with Crippen LogP contribution >= 0.6 is 0 Å². The lowest BCUT2D eigenvalue weighted by molar-refractivity contribution is 0.0963. The van der Waals surface area contributed by atoms with Gasteiger partial charge in [-0.25, -0.2) is 0 Å². The Morgan fingerprint density at radius 3 is 2.81 bits per heavy atom. The summed E-state index contributed by atoms with van der Waals surface area (Å²) >= 11 is 0. The van der Waals surface area contributed by atoms with Crippen molar-refractivity contribution in [2.24, 2.45) is 0 Å². The van der Waals surface area contributed by atoms with E-state index in [2.05, 4.69) is 29.4 Å². The van der Waals surface area contributed by atoms with Crippen molar-refractivity contribution in [1.82, 2.24) is 19.9 Å². The van der Waals surface area contributed by atoms with Crippen LogP contribution in [-0.2, 0) is 0 Å². The van der Waals surface area contributed by atoms with Crippen LogP contribution in [0.4, 0.5) is 0 Å². The fourth-order valence-electron chi connectivity index (χ4n) is 1.59. The summed E-state index contributed by atoms with van der Waals surface area (Å²) < 4.78 is 1.90. The first-order valence-electron chi connectivity index (χ1n) is 5.20. The van der Waals surface area contributed by atoms with Crippen molar-refractivity contribution < 1.29 is 4.79 Å². The number of carbonyl (C=O) groups excluding carboxylic acids is 1. The SMILES string of the molecule is CNC(=O)c1ccn2c(C(C)C)nnc2c1. The lowest BCUT2D eigenvalue weighted by Crippen LogP contribution is -2.17. The standard InChI is InChI=1S/C11H14N4O/c1-7(2)10-14-13-9-6-8(11(16)12-3)4-5-15(9)10/h4-7H,1-3H3,(H,12,16). The third-order valence-corrected chi connectivity index (χ3v) is 2.44. The van der Waals surface area contributed by atoms with E-state index in [0.717, 1.165) is 5.82 Å². The Hall–Kier alpha value is -1.91. The number of hydrogen-bond acceptors (Lipinski definition) is 3. The summed E-state index contributed by atoms with van der Waals surface area (Å²) in [5.74, 6) is 1.09. The molecular formula is C11H14N4O. The second kappa shape index (κ2) is 3.92. The number of nitrogens with zero attached hydrogens (tertiary/aromatic N) is 3. The van der Waals surface area contributed by atoms with Gasteiger partial charge in [-0.3, -0.25) is 9.20 Å². The molecule has 1 amide bonds. The van der Waals surface area contributed by atoms with E-state index in [1.54, 1.807) is 19.2 Å². The first-order chi connectivity index (χ1) is 7.63. The summed E-state index contributed by atoms with van der Waals surface area (Å²) in [5.41, 5.74) is 1.29. The average molecular weight is 218 g/mol. The van der Waals surface area contributed by atoms with E-state index in [1.807, 2.05) is 10.6 Å². The molecule has 16 heavy (non-hydrogen) atoms. The monoisotopic (exact) mass is 218 g/mol. The predicted molar refractivity (Wildman–Crippen MR) is 60.5 cm³/mol. The van der Waals surface area contributed by atoms with E-state index >= 15 is 0 Å². The highest BCUT2D eigenvalue weighted by atomic mass is 16.1. The largest absolute Gasteiger partial charge is 0.355 e. The van der Waals surface area contributed by atoms with E-state index < -0.39 is 0 Å². The number of rotatable bonds is 2. The molecule has 5 heteroatoms. The topological polar surface area (TPSA) is 59.3 Å². The van der Waals surface area contributed by atoms with Crippen LogP contribution in [0, 0.1) is 0 Å². The summed E-state index contributed by atoms with van der Waals surface area (Å²) in [7, 11) is 1.61. The molecule has 0 saturated heterocycles. The van der Waals surface area contributed by atoms with Crippen molar-refractivity contribution in [3.8, 4) is 0 Å². The summed E-state index contributed by atoms with van der Waals surface area (Å²) in [6.45, 7) is 4.12. The van der Waals surface area contributed by atoms with E-state index in [0.29, 0.717) is 17.1 Å². The second-order valence-corrected chi connectivity index (χ2v) is 3.94. The number of fused-ring (bicyclic) bond motifs is 1. The van der Waals surface area contributed by atoms with E-state index in [4.69, 9.17) is 0 Å². The van der Waals surface area contributed by atoms with Crippen molar-refractivity contribution in [2.75, 3.05) is 7.05 Å². The zero-order chi connectivity index (χ0) is 11.7. The molecule has 84 valence electrons. The molecule has 0 saturated carbocycles. The summed E-state index contributed by atoms with van der Waals surface area (Å²) in [6.07, 6.45) is 1.83. The van der Waals surface area contributed by atoms with Gasteiger partial charge in [0.2, 0.25) is 0 Å². The Labute approximate surface area is 93.5 Å². The smallest absolute Gasteiger partial charge is 0.251 e. The minimum absolute atomic E-state index is 0.114. The molecule has 0 bridgehead atoms. The normalized spacial score (nSPS) is 11.0. The molecule has 0 aromatic carbocycles. The van der Waals surface area contributed by atoms with Gasteiger partial charge in [-0.2, -0.15) is 0 Å². The van der Waals surface area contributed by atoms with Crippen LogP contribution in [0.25, 0.3) is 5.65 Å². The minimum Gasteiger partial charge on any atom is -0.355 e. The zero-order valence-electron chi connectivity index (χ0n) is 9.56. The number of hydrogen-bond donors (Lipinski definition) is 1. The molecule has 0 atom stereocenters. The molecule has 0 aliphatic heterocycles. The number of aromatic nitrogens is 3. The molecule has 0 aliphatic carbocycles. The van der Waals surface area contributed by atoms with Crippen molar-refractivity contribution >= 4 is 11.6 Å². The van der Waals surface area contributed by atoms with Crippen LogP contribution in [0.5, 0.6) is 0 Å². The quantitative estimate of drug-likeness (QED) is 0.824. The third-order valence-electron chi connectivity index (χ3n) is 2.44. The molecule has 0 fully saturated rings. The van der Waals surface area contributed by atoms with Gasteiger partial charge in [0, 0.05) is 24.7 Å². The van der Waals surface area contributed by atoms with E-state index in [1.165, 1.54) is 0 Å². The molecule has 1 N–H and O–H groups in total. The maximum absolute atomic E-state index is 11.4. The van der Waals surface area contributed by atoms with Crippen LogP contribution in [0.2, 0.25) is 0 Å². The fourth-order valence-corrected chi connectivity index (χ4v) is 1.59. The highest BCUT2D eigenvalue weighted by Gasteiger charge is 2.11. The molecule has 0 radical (unpaired) electrons. The highest BCUT2D eigenvalue weighted by molar-refractivity contribution is 5.94. The molecule has 0 unspecified atom stereocenters. The molecule has 2 rings (SSSR count). The van der Waals surface area contributed by atoms with E-state index in [-0.39, 0.29) is 5.91 Å². The van der Waals surface area contributed by atoms with Crippen LogP contribution < -0.4 is 5.32 Å². The molecular weight excluding hydrogens is 204 g/mol. The number of nitrogens with one attached hydrogen (secondary N) is 1. The van der Waals surface area contributed by atoms with Crippen LogP contribution in [-0.4, -0.2) is 27.6 Å². The zero-order valence-corrected chi connectivity index (χ0v) is 9.56. The average Bonchev–Trinajstić information content (AvgIpc) is 2.70. The van der Waals surface area contributed by atoms with Gasteiger partial charge in [-0.05, 0) is 12.1 Å². The second-order valence-electron chi connectivity index (χ2n) is 3.94. The van der Waals surface area contributed by atoms with Crippen molar-refractivity contribution in [1.29, 1.82) is 0 Å². The number of carbonyl (C=O) groups is 1. The van der Waals surface area contributed by atoms with E-state index in [9.17, 15) is 4.79 Å². The van der Waals surface area contributed by atoms with Crippen molar-refractivity contribution in [3.63, 3.8) is 0 Å². The number of amides is 1. The molecule has 2 aromatic rings. The highest BCUT2D eigenvalue weighted by Crippen LogP contribution is 2.14. The third kappa shape index (κ3) is 1.64. The van der Waals surface area contributed by atoms with Crippen LogP contribution in [0.15, 0.2) is 18.3 Å². The first-order valence-corrected chi connectivity index (χ1v) is 5.20. The lowest BCUT2D eigenvalue weighted by Gasteiger charge is -2.03. The molecule has 5 nitrogen and oxygen atoms in total. The van der Waals surface area contributed by atoms with Gasteiger partial charge in [0.25, 0.3) is 5.91 Å². The van der Waals surface area contributed by atoms with Gasteiger partial charge in [-0.15, -0.1) is 10.2 Å². The van der Waals surface area contributed by atoms with Gasteiger partial charge < -0.3 is 5.32 Å². The van der Waals surface area contributed by atoms with Gasteiger partial charge in [0.1, 0.15) is 5.82 Å². The Kier molecular flexibility index (Phi) is 2.60. The number of pyridine rings is 1. The molecule has 0 aliphatic rings. The molecule has 2 heterocycles.